The monoisotopic (exact) mass is 538 g/mol. The molecule has 6 nitrogen and oxygen atoms in total. The Balaban J connectivity index is 1.33. The molecule has 0 saturated carbocycles. The van der Waals surface area contributed by atoms with E-state index in [2.05, 4.69) is 10.6 Å². The van der Waals surface area contributed by atoms with Crippen LogP contribution in [0.5, 0.6) is 0 Å². The van der Waals surface area contributed by atoms with Crippen LogP contribution in [0.1, 0.15) is 55.5 Å². The molecule has 0 heterocycles. The zero-order valence-corrected chi connectivity index (χ0v) is 21.7. The zero-order valence-electron chi connectivity index (χ0n) is 20.9. The number of amides is 2. The van der Waals surface area contributed by atoms with Crippen LogP contribution in [0.15, 0.2) is 95.9 Å². The van der Waals surface area contributed by atoms with Gasteiger partial charge in [-0.3, -0.25) is 19.2 Å². The van der Waals surface area contributed by atoms with E-state index in [4.69, 9.17) is 0 Å². The van der Waals surface area contributed by atoms with E-state index in [1.165, 1.54) is 30.0 Å². The van der Waals surface area contributed by atoms with E-state index in [1.54, 1.807) is 66.7 Å². The van der Waals surface area contributed by atoms with Crippen molar-refractivity contribution < 1.29 is 23.6 Å². The lowest BCUT2D eigenvalue weighted by atomic mass is 9.83. The minimum absolute atomic E-state index is 0.0665. The summed E-state index contributed by atoms with van der Waals surface area (Å²) in [5.41, 5.74) is 1.79. The lowest BCUT2D eigenvalue weighted by Crippen LogP contribution is -2.28. The molecule has 1 aliphatic rings. The number of hydrogen-bond acceptors (Lipinski definition) is 5. The second-order valence-corrected chi connectivity index (χ2v) is 10.2. The third-order valence-electron chi connectivity index (χ3n) is 6.36. The number of hydrogen-bond donors (Lipinski definition) is 2. The van der Waals surface area contributed by atoms with Crippen LogP contribution in [0, 0.1) is 5.82 Å². The fourth-order valence-corrected chi connectivity index (χ4v) is 5.45. The summed E-state index contributed by atoms with van der Waals surface area (Å²) in [5, 5.41) is 5.01. The SMILES string of the molecule is CCC(Sc1cccc(NC(=O)c2ccccc2F)c1)C(=O)Nc1cccc2c1C(=O)c1ccccc1C2=O. The van der Waals surface area contributed by atoms with Gasteiger partial charge < -0.3 is 10.6 Å². The summed E-state index contributed by atoms with van der Waals surface area (Å²) in [6, 6.07) is 24.2. The lowest BCUT2D eigenvalue weighted by Gasteiger charge is -2.21. The van der Waals surface area contributed by atoms with Crippen molar-refractivity contribution in [2.75, 3.05) is 10.6 Å². The lowest BCUT2D eigenvalue weighted by molar-refractivity contribution is -0.115. The first kappa shape index (κ1) is 26.1. The van der Waals surface area contributed by atoms with E-state index < -0.39 is 17.0 Å². The Morgan fingerprint density at radius 2 is 1.46 bits per heavy atom. The van der Waals surface area contributed by atoms with Crippen LogP contribution in [0.3, 0.4) is 0 Å². The Labute approximate surface area is 228 Å². The normalized spacial score (nSPS) is 12.8. The first-order chi connectivity index (χ1) is 18.9. The van der Waals surface area contributed by atoms with Crippen LogP contribution < -0.4 is 10.6 Å². The Morgan fingerprint density at radius 3 is 2.21 bits per heavy atom. The molecule has 4 aromatic rings. The molecule has 0 radical (unpaired) electrons. The summed E-state index contributed by atoms with van der Waals surface area (Å²) >= 11 is 1.29. The molecule has 1 atom stereocenters. The van der Waals surface area contributed by atoms with Gasteiger partial charge in [-0.2, -0.15) is 0 Å². The fraction of sp³-hybridized carbons (Fsp3) is 0.0968. The highest BCUT2D eigenvalue weighted by Crippen LogP contribution is 2.33. The van der Waals surface area contributed by atoms with Crippen LogP contribution in [-0.4, -0.2) is 28.6 Å². The van der Waals surface area contributed by atoms with Crippen LogP contribution in [0.25, 0.3) is 0 Å². The molecule has 8 heteroatoms. The average Bonchev–Trinajstić information content (AvgIpc) is 2.95. The number of carbonyl (C=O) groups is 4. The summed E-state index contributed by atoms with van der Waals surface area (Å²) in [4.78, 5) is 52.8. The molecule has 1 unspecified atom stereocenters. The van der Waals surface area contributed by atoms with Crippen LogP contribution in [0.4, 0.5) is 15.8 Å². The van der Waals surface area contributed by atoms with Gasteiger partial charge in [-0.25, -0.2) is 4.39 Å². The maximum atomic E-state index is 14.0. The predicted octanol–water partition coefficient (Wildman–Crippen LogP) is 6.36. The van der Waals surface area contributed by atoms with Gasteiger partial charge in [0.05, 0.1) is 22.1 Å². The highest BCUT2D eigenvalue weighted by molar-refractivity contribution is 8.00. The molecule has 1 aliphatic carbocycles. The summed E-state index contributed by atoms with van der Waals surface area (Å²) in [5.74, 6) is -2.08. The first-order valence-corrected chi connectivity index (χ1v) is 13.2. The Hall–Kier alpha value is -4.56. The molecule has 0 aliphatic heterocycles. The van der Waals surface area contributed by atoms with Crippen LogP contribution in [0.2, 0.25) is 0 Å². The molecule has 0 bridgehead atoms. The van der Waals surface area contributed by atoms with E-state index in [0.29, 0.717) is 23.2 Å². The van der Waals surface area contributed by atoms with Gasteiger partial charge in [-0.15, -0.1) is 11.8 Å². The van der Waals surface area contributed by atoms with E-state index >= 15 is 0 Å². The third-order valence-corrected chi connectivity index (χ3v) is 7.72. The highest BCUT2D eigenvalue weighted by atomic mass is 32.2. The number of halogens is 1. The molecular weight excluding hydrogens is 515 g/mol. The molecule has 39 heavy (non-hydrogen) atoms. The van der Waals surface area contributed by atoms with Gasteiger partial charge in [0.2, 0.25) is 5.91 Å². The largest absolute Gasteiger partial charge is 0.324 e. The molecule has 5 rings (SSSR count). The first-order valence-electron chi connectivity index (χ1n) is 12.3. The summed E-state index contributed by atoms with van der Waals surface area (Å²) in [6.07, 6.45) is 0.479. The van der Waals surface area contributed by atoms with Gasteiger partial charge >= 0.3 is 0 Å². The standard InChI is InChI=1S/C31H23FN2O4S/c1-2-26(39-19-10-7-9-18(17-19)33-30(37)22-13-5-6-15-24(22)32)31(38)34-25-16-8-14-23-27(25)29(36)21-12-4-3-11-20(21)28(23)35/h3-17,26H,2H2,1H3,(H,33,37)(H,34,38). The van der Waals surface area contributed by atoms with E-state index in [9.17, 15) is 23.6 Å². The van der Waals surface area contributed by atoms with Crippen molar-refractivity contribution in [2.45, 2.75) is 23.5 Å². The third kappa shape index (κ3) is 5.24. The van der Waals surface area contributed by atoms with Crippen molar-refractivity contribution in [3.63, 3.8) is 0 Å². The van der Waals surface area contributed by atoms with Crippen molar-refractivity contribution in [2.24, 2.45) is 0 Å². The summed E-state index contributed by atoms with van der Waals surface area (Å²) < 4.78 is 14.0. The van der Waals surface area contributed by atoms with Gasteiger partial charge in [0, 0.05) is 27.3 Å². The molecule has 0 spiro atoms. The number of anilines is 2. The molecular formula is C31H23FN2O4S. The number of thioether (sulfide) groups is 1. The zero-order chi connectivity index (χ0) is 27.5. The molecule has 0 aromatic heterocycles. The average molecular weight is 539 g/mol. The molecule has 194 valence electrons. The Kier molecular flexibility index (Phi) is 7.38. The van der Waals surface area contributed by atoms with E-state index in [1.807, 2.05) is 13.0 Å². The Morgan fingerprint density at radius 1 is 0.795 bits per heavy atom. The van der Waals surface area contributed by atoms with Gasteiger partial charge in [0.15, 0.2) is 11.6 Å². The topological polar surface area (TPSA) is 92.3 Å². The van der Waals surface area contributed by atoms with Crippen LogP contribution in [-0.2, 0) is 4.79 Å². The van der Waals surface area contributed by atoms with Crippen molar-refractivity contribution in [3.05, 3.63) is 125 Å². The molecule has 4 aromatic carbocycles. The maximum absolute atomic E-state index is 14.0. The number of nitrogens with one attached hydrogen (secondary N) is 2. The molecule has 2 N–H and O–H groups in total. The number of benzene rings is 4. The Bertz CT molecular complexity index is 1630. The summed E-state index contributed by atoms with van der Waals surface area (Å²) in [6.45, 7) is 1.87. The summed E-state index contributed by atoms with van der Waals surface area (Å²) in [7, 11) is 0. The second-order valence-electron chi connectivity index (χ2n) is 8.90. The maximum Gasteiger partial charge on any atom is 0.258 e. The van der Waals surface area contributed by atoms with Crippen molar-refractivity contribution in [3.8, 4) is 0 Å². The quantitative estimate of drug-likeness (QED) is 0.235. The molecule has 2 amide bonds. The van der Waals surface area contributed by atoms with Gasteiger partial charge in [-0.05, 0) is 42.8 Å². The fourth-order valence-electron chi connectivity index (χ4n) is 4.44. The second kappa shape index (κ2) is 11.0. The number of ketones is 2. The van der Waals surface area contributed by atoms with E-state index in [0.717, 1.165) is 4.90 Å². The minimum atomic E-state index is -0.616. The smallest absolute Gasteiger partial charge is 0.258 e. The van der Waals surface area contributed by atoms with Crippen molar-refractivity contribution in [1.29, 1.82) is 0 Å². The van der Waals surface area contributed by atoms with Crippen molar-refractivity contribution in [1.82, 2.24) is 0 Å². The number of rotatable bonds is 7. The number of fused-ring (bicyclic) bond motifs is 2. The van der Waals surface area contributed by atoms with Gasteiger partial charge in [0.1, 0.15) is 5.82 Å². The van der Waals surface area contributed by atoms with Gasteiger partial charge in [-0.1, -0.05) is 61.5 Å². The van der Waals surface area contributed by atoms with E-state index in [-0.39, 0.29) is 39.9 Å². The highest BCUT2D eigenvalue weighted by Gasteiger charge is 2.32. The number of carbonyl (C=O) groups excluding carboxylic acids is 4. The molecule has 0 fully saturated rings. The predicted molar refractivity (Wildman–Crippen MR) is 149 cm³/mol. The minimum Gasteiger partial charge on any atom is -0.324 e. The molecule has 0 saturated heterocycles. The van der Waals surface area contributed by atoms with Crippen LogP contribution >= 0.6 is 11.8 Å². The van der Waals surface area contributed by atoms with Crippen molar-refractivity contribution >= 4 is 46.5 Å². The van der Waals surface area contributed by atoms with Gasteiger partial charge in [0.25, 0.3) is 5.91 Å².